The monoisotopic (exact) mass is 151 g/mol. The maximum atomic E-state index is 5.73. The average Bonchev–Trinajstić information content (AvgIpc) is 2.04. The van der Waals surface area contributed by atoms with E-state index in [-0.39, 0.29) is 6.04 Å². The number of rotatable bonds is 2. The Labute approximate surface area is 66.4 Å². The van der Waals surface area contributed by atoms with E-state index in [4.69, 9.17) is 11.5 Å². The molecule has 1 aromatic heterocycles. The Balaban J connectivity index is 2.93. The normalized spacial score (nSPS) is 13.0. The Kier molecular flexibility index (Phi) is 2.57. The van der Waals surface area contributed by atoms with Crippen LogP contribution in [0.25, 0.3) is 0 Å². The van der Waals surface area contributed by atoms with E-state index in [0.29, 0.717) is 6.54 Å². The maximum Gasteiger partial charge on any atom is 0.0437 e. The minimum Gasteiger partial charge on any atom is -0.329 e. The van der Waals surface area contributed by atoms with Gasteiger partial charge in [-0.2, -0.15) is 0 Å². The molecule has 60 valence electrons. The van der Waals surface area contributed by atoms with Gasteiger partial charge in [0.15, 0.2) is 0 Å². The van der Waals surface area contributed by atoms with E-state index in [2.05, 4.69) is 4.98 Å². The first-order valence-electron chi connectivity index (χ1n) is 3.63. The number of hydrogen-bond donors (Lipinski definition) is 2. The molecular formula is C8H13N3. The minimum absolute atomic E-state index is 0.0799. The Morgan fingerprint density at radius 2 is 2.36 bits per heavy atom. The SMILES string of the molecule is Cc1ncccc1[C@H](N)CN. The van der Waals surface area contributed by atoms with Crippen LogP contribution in [0, 0.1) is 6.92 Å². The van der Waals surface area contributed by atoms with Crippen LogP contribution in [0.3, 0.4) is 0 Å². The lowest BCUT2D eigenvalue weighted by atomic mass is 10.1. The van der Waals surface area contributed by atoms with E-state index < -0.39 is 0 Å². The smallest absolute Gasteiger partial charge is 0.0437 e. The molecule has 0 unspecified atom stereocenters. The second-order valence-electron chi connectivity index (χ2n) is 2.52. The molecule has 1 aromatic rings. The summed E-state index contributed by atoms with van der Waals surface area (Å²) in [6.45, 7) is 2.40. The van der Waals surface area contributed by atoms with Gasteiger partial charge in [0.2, 0.25) is 0 Å². The quantitative estimate of drug-likeness (QED) is 0.641. The van der Waals surface area contributed by atoms with Crippen LogP contribution in [0.4, 0.5) is 0 Å². The summed E-state index contributed by atoms with van der Waals surface area (Å²) in [7, 11) is 0. The number of hydrogen-bond acceptors (Lipinski definition) is 3. The molecule has 0 spiro atoms. The van der Waals surface area contributed by atoms with Gasteiger partial charge in [-0.3, -0.25) is 4.98 Å². The third kappa shape index (κ3) is 1.76. The predicted molar refractivity (Wildman–Crippen MR) is 45.0 cm³/mol. The van der Waals surface area contributed by atoms with Crippen molar-refractivity contribution in [1.29, 1.82) is 0 Å². The molecule has 0 aliphatic heterocycles. The molecule has 3 nitrogen and oxygen atoms in total. The number of aromatic nitrogens is 1. The van der Waals surface area contributed by atoms with Crippen LogP contribution in [0.15, 0.2) is 18.3 Å². The van der Waals surface area contributed by atoms with Crippen LogP contribution in [0.2, 0.25) is 0 Å². The number of nitrogens with zero attached hydrogens (tertiary/aromatic N) is 1. The summed E-state index contributed by atoms with van der Waals surface area (Å²) in [5.41, 5.74) is 13.2. The lowest BCUT2D eigenvalue weighted by Crippen LogP contribution is -2.21. The van der Waals surface area contributed by atoms with Crippen LogP contribution in [0.5, 0.6) is 0 Å². The van der Waals surface area contributed by atoms with Crippen LogP contribution < -0.4 is 11.5 Å². The minimum atomic E-state index is -0.0799. The molecule has 0 saturated carbocycles. The Hall–Kier alpha value is -0.930. The van der Waals surface area contributed by atoms with Crippen LogP contribution in [-0.4, -0.2) is 11.5 Å². The first kappa shape index (κ1) is 8.17. The van der Waals surface area contributed by atoms with Crippen LogP contribution >= 0.6 is 0 Å². The first-order valence-corrected chi connectivity index (χ1v) is 3.63. The van der Waals surface area contributed by atoms with Crippen molar-refractivity contribution in [2.24, 2.45) is 11.5 Å². The highest BCUT2D eigenvalue weighted by molar-refractivity contribution is 5.22. The predicted octanol–water partition coefficient (Wildman–Crippen LogP) is 0.349. The van der Waals surface area contributed by atoms with Crippen molar-refractivity contribution in [2.75, 3.05) is 6.54 Å². The zero-order chi connectivity index (χ0) is 8.27. The van der Waals surface area contributed by atoms with E-state index in [0.717, 1.165) is 11.3 Å². The van der Waals surface area contributed by atoms with Crippen molar-refractivity contribution in [1.82, 2.24) is 4.98 Å². The van der Waals surface area contributed by atoms with Gasteiger partial charge >= 0.3 is 0 Å². The molecule has 0 saturated heterocycles. The molecule has 11 heavy (non-hydrogen) atoms. The van der Waals surface area contributed by atoms with Crippen molar-refractivity contribution < 1.29 is 0 Å². The Morgan fingerprint density at radius 3 is 2.91 bits per heavy atom. The van der Waals surface area contributed by atoms with E-state index in [1.165, 1.54) is 0 Å². The highest BCUT2D eigenvalue weighted by atomic mass is 14.7. The summed E-state index contributed by atoms with van der Waals surface area (Å²) in [5, 5.41) is 0. The van der Waals surface area contributed by atoms with Gasteiger partial charge in [-0.15, -0.1) is 0 Å². The Bertz CT molecular complexity index is 235. The molecule has 0 fully saturated rings. The highest BCUT2D eigenvalue weighted by Crippen LogP contribution is 2.10. The van der Waals surface area contributed by atoms with Gasteiger partial charge in [-0.05, 0) is 18.6 Å². The molecular weight excluding hydrogens is 138 g/mol. The molecule has 3 heteroatoms. The molecule has 0 aromatic carbocycles. The van der Waals surface area contributed by atoms with Crippen molar-refractivity contribution in [3.8, 4) is 0 Å². The fraction of sp³-hybridized carbons (Fsp3) is 0.375. The second-order valence-corrected chi connectivity index (χ2v) is 2.52. The van der Waals surface area contributed by atoms with E-state index >= 15 is 0 Å². The van der Waals surface area contributed by atoms with Crippen LogP contribution in [-0.2, 0) is 0 Å². The standard InChI is InChI=1S/C8H13N3/c1-6-7(8(10)5-9)3-2-4-11-6/h2-4,8H,5,9-10H2,1H3/t8-/m1/s1. The van der Waals surface area contributed by atoms with Crippen LogP contribution in [0.1, 0.15) is 17.3 Å². The van der Waals surface area contributed by atoms with Gasteiger partial charge < -0.3 is 11.5 Å². The molecule has 0 radical (unpaired) electrons. The van der Waals surface area contributed by atoms with Gasteiger partial charge in [0.1, 0.15) is 0 Å². The third-order valence-corrected chi connectivity index (χ3v) is 1.70. The van der Waals surface area contributed by atoms with Gasteiger partial charge in [-0.25, -0.2) is 0 Å². The fourth-order valence-corrected chi connectivity index (χ4v) is 1.02. The van der Waals surface area contributed by atoms with Crippen molar-refractivity contribution >= 4 is 0 Å². The zero-order valence-electron chi connectivity index (χ0n) is 6.62. The fourth-order valence-electron chi connectivity index (χ4n) is 1.02. The topological polar surface area (TPSA) is 64.9 Å². The van der Waals surface area contributed by atoms with Gasteiger partial charge in [0, 0.05) is 24.5 Å². The van der Waals surface area contributed by atoms with Crippen molar-refractivity contribution in [2.45, 2.75) is 13.0 Å². The Morgan fingerprint density at radius 1 is 1.64 bits per heavy atom. The van der Waals surface area contributed by atoms with Gasteiger partial charge in [-0.1, -0.05) is 6.07 Å². The third-order valence-electron chi connectivity index (χ3n) is 1.70. The molecule has 0 aliphatic rings. The number of nitrogens with two attached hydrogens (primary N) is 2. The van der Waals surface area contributed by atoms with E-state index in [9.17, 15) is 0 Å². The summed E-state index contributed by atoms with van der Waals surface area (Å²) >= 11 is 0. The molecule has 0 bridgehead atoms. The summed E-state index contributed by atoms with van der Waals surface area (Å²) < 4.78 is 0. The van der Waals surface area contributed by atoms with Crippen molar-refractivity contribution in [3.05, 3.63) is 29.6 Å². The number of pyridine rings is 1. The molecule has 0 amide bonds. The largest absolute Gasteiger partial charge is 0.329 e. The summed E-state index contributed by atoms with van der Waals surface area (Å²) in [6.07, 6.45) is 1.75. The second kappa shape index (κ2) is 3.46. The lowest BCUT2D eigenvalue weighted by Gasteiger charge is -2.10. The summed E-state index contributed by atoms with van der Waals surface area (Å²) in [4.78, 5) is 4.11. The zero-order valence-corrected chi connectivity index (χ0v) is 6.62. The average molecular weight is 151 g/mol. The summed E-state index contributed by atoms with van der Waals surface area (Å²) in [6, 6.07) is 3.75. The van der Waals surface area contributed by atoms with Crippen molar-refractivity contribution in [3.63, 3.8) is 0 Å². The molecule has 0 aliphatic carbocycles. The lowest BCUT2D eigenvalue weighted by molar-refractivity contribution is 0.725. The molecule has 1 heterocycles. The number of aryl methyl sites for hydroxylation is 1. The summed E-state index contributed by atoms with van der Waals surface area (Å²) in [5.74, 6) is 0. The first-order chi connectivity index (χ1) is 5.25. The maximum absolute atomic E-state index is 5.73. The van der Waals surface area contributed by atoms with E-state index in [1.54, 1.807) is 6.20 Å². The molecule has 4 N–H and O–H groups in total. The van der Waals surface area contributed by atoms with Gasteiger partial charge in [0.05, 0.1) is 0 Å². The van der Waals surface area contributed by atoms with Gasteiger partial charge in [0.25, 0.3) is 0 Å². The van der Waals surface area contributed by atoms with E-state index in [1.807, 2.05) is 19.1 Å². The molecule has 1 atom stereocenters. The highest BCUT2D eigenvalue weighted by Gasteiger charge is 2.05. The molecule has 1 rings (SSSR count).